The number of hydrogen-bond acceptors (Lipinski definition) is 1. The fourth-order valence-electron chi connectivity index (χ4n) is 0.511. The average Bonchev–Trinajstić information content (AvgIpc) is 1.85. The molecule has 0 aliphatic carbocycles. The molecule has 0 fully saturated rings. The van der Waals surface area contributed by atoms with Crippen LogP contribution in [0, 0.1) is 0 Å². The van der Waals surface area contributed by atoms with Gasteiger partial charge in [0.1, 0.15) is 0 Å². The van der Waals surface area contributed by atoms with Crippen molar-refractivity contribution in [2.45, 2.75) is 27.2 Å². The van der Waals surface area contributed by atoms with Crippen LogP contribution in [0.4, 0.5) is 0 Å². The van der Waals surface area contributed by atoms with Gasteiger partial charge in [0.15, 0.2) is 0 Å². The monoisotopic (exact) mass is 126 g/mol. The van der Waals surface area contributed by atoms with Crippen molar-refractivity contribution in [1.82, 2.24) is 0 Å². The molecule has 1 heteroatoms. The minimum Gasteiger partial charge on any atom is -0.470 e. The maximum absolute atomic E-state index is 5.11. The second-order valence-electron chi connectivity index (χ2n) is 1.81. The summed E-state index contributed by atoms with van der Waals surface area (Å²) in [5.41, 5.74) is 0. The van der Waals surface area contributed by atoms with Crippen LogP contribution in [-0.4, -0.2) is 0 Å². The summed E-state index contributed by atoms with van der Waals surface area (Å²) in [5.74, 6) is 0.968. The normalized spacial score (nSPS) is 12.6. The van der Waals surface area contributed by atoms with Crippen LogP contribution in [0.2, 0.25) is 0 Å². The van der Waals surface area contributed by atoms with Crippen molar-refractivity contribution >= 4 is 0 Å². The SMILES string of the molecule is CC=COC(C)=CCC. The summed E-state index contributed by atoms with van der Waals surface area (Å²) in [7, 11) is 0. The van der Waals surface area contributed by atoms with Crippen molar-refractivity contribution in [2.24, 2.45) is 0 Å². The van der Waals surface area contributed by atoms with Crippen molar-refractivity contribution in [3.8, 4) is 0 Å². The van der Waals surface area contributed by atoms with Gasteiger partial charge in [-0.2, -0.15) is 0 Å². The maximum Gasteiger partial charge on any atom is 0.0961 e. The molecular weight excluding hydrogens is 112 g/mol. The first-order valence-electron chi connectivity index (χ1n) is 3.25. The molecule has 0 aliphatic rings. The molecule has 0 radical (unpaired) electrons. The second kappa shape index (κ2) is 5.42. The van der Waals surface area contributed by atoms with E-state index in [1.807, 2.05) is 26.0 Å². The van der Waals surface area contributed by atoms with Crippen LogP contribution in [0.5, 0.6) is 0 Å². The Morgan fingerprint density at radius 3 is 2.67 bits per heavy atom. The lowest BCUT2D eigenvalue weighted by atomic mass is 10.4. The van der Waals surface area contributed by atoms with Gasteiger partial charge >= 0.3 is 0 Å². The summed E-state index contributed by atoms with van der Waals surface area (Å²) in [6.45, 7) is 5.96. The minimum atomic E-state index is 0.968. The Kier molecular flexibility index (Phi) is 4.98. The van der Waals surface area contributed by atoms with E-state index < -0.39 is 0 Å². The van der Waals surface area contributed by atoms with E-state index in [2.05, 4.69) is 6.92 Å². The Morgan fingerprint density at radius 1 is 1.56 bits per heavy atom. The molecule has 0 unspecified atom stereocenters. The number of rotatable bonds is 3. The molecule has 0 saturated heterocycles. The molecule has 0 saturated carbocycles. The van der Waals surface area contributed by atoms with Gasteiger partial charge in [-0.05, 0) is 26.3 Å². The summed E-state index contributed by atoms with van der Waals surface area (Å²) in [6, 6.07) is 0. The second-order valence-corrected chi connectivity index (χ2v) is 1.81. The van der Waals surface area contributed by atoms with Crippen molar-refractivity contribution in [2.75, 3.05) is 0 Å². The molecule has 0 aliphatic heterocycles. The highest BCUT2D eigenvalue weighted by Crippen LogP contribution is 1.96. The first-order chi connectivity index (χ1) is 4.31. The molecule has 0 N–H and O–H groups in total. The van der Waals surface area contributed by atoms with Gasteiger partial charge in [0.05, 0.1) is 12.0 Å². The Bertz CT molecular complexity index is 112. The van der Waals surface area contributed by atoms with Crippen molar-refractivity contribution in [3.63, 3.8) is 0 Å². The van der Waals surface area contributed by atoms with Crippen LogP contribution in [0.3, 0.4) is 0 Å². The summed E-state index contributed by atoms with van der Waals surface area (Å²) < 4.78 is 5.11. The molecule has 0 aromatic rings. The Hall–Kier alpha value is -0.720. The van der Waals surface area contributed by atoms with Crippen molar-refractivity contribution in [1.29, 1.82) is 0 Å². The van der Waals surface area contributed by atoms with Gasteiger partial charge in [-0.3, -0.25) is 0 Å². The predicted molar refractivity (Wildman–Crippen MR) is 39.9 cm³/mol. The summed E-state index contributed by atoms with van der Waals surface area (Å²) in [4.78, 5) is 0. The Morgan fingerprint density at radius 2 is 2.22 bits per heavy atom. The van der Waals surface area contributed by atoms with E-state index in [0.717, 1.165) is 12.2 Å². The standard InChI is InChI=1S/C8H14O/c1-4-6-8(3)9-7-5-2/h5-7H,4H2,1-3H3. The molecule has 9 heavy (non-hydrogen) atoms. The van der Waals surface area contributed by atoms with E-state index in [9.17, 15) is 0 Å². The van der Waals surface area contributed by atoms with Crippen LogP contribution < -0.4 is 0 Å². The quantitative estimate of drug-likeness (QED) is 0.528. The van der Waals surface area contributed by atoms with Gasteiger partial charge in [0, 0.05) is 0 Å². The highest BCUT2D eigenvalue weighted by Gasteiger charge is 1.79. The van der Waals surface area contributed by atoms with E-state index in [-0.39, 0.29) is 0 Å². The molecule has 0 rings (SSSR count). The van der Waals surface area contributed by atoms with Gasteiger partial charge in [-0.1, -0.05) is 13.0 Å². The van der Waals surface area contributed by atoms with E-state index in [4.69, 9.17) is 4.74 Å². The van der Waals surface area contributed by atoms with Gasteiger partial charge < -0.3 is 4.74 Å². The number of ether oxygens (including phenoxy) is 1. The number of allylic oxidation sites excluding steroid dienone is 3. The third-order valence-electron chi connectivity index (χ3n) is 0.882. The molecule has 1 nitrogen and oxygen atoms in total. The summed E-state index contributed by atoms with van der Waals surface area (Å²) in [6.07, 6.45) is 6.62. The van der Waals surface area contributed by atoms with E-state index in [1.54, 1.807) is 6.26 Å². The van der Waals surface area contributed by atoms with Crippen LogP contribution in [0.1, 0.15) is 27.2 Å². The Labute approximate surface area is 57.0 Å². The fraction of sp³-hybridized carbons (Fsp3) is 0.500. The van der Waals surface area contributed by atoms with Crippen LogP contribution in [-0.2, 0) is 4.74 Å². The van der Waals surface area contributed by atoms with Crippen molar-refractivity contribution in [3.05, 3.63) is 24.2 Å². The zero-order valence-corrected chi connectivity index (χ0v) is 6.35. The third-order valence-corrected chi connectivity index (χ3v) is 0.882. The van der Waals surface area contributed by atoms with E-state index in [1.165, 1.54) is 0 Å². The first-order valence-corrected chi connectivity index (χ1v) is 3.25. The lowest BCUT2D eigenvalue weighted by Crippen LogP contribution is -1.75. The zero-order chi connectivity index (χ0) is 7.11. The van der Waals surface area contributed by atoms with E-state index >= 15 is 0 Å². The summed E-state index contributed by atoms with van der Waals surface area (Å²) >= 11 is 0. The predicted octanol–water partition coefficient (Wildman–Crippen LogP) is 2.85. The lowest BCUT2D eigenvalue weighted by molar-refractivity contribution is 0.350. The van der Waals surface area contributed by atoms with Gasteiger partial charge in [-0.25, -0.2) is 0 Å². The third kappa shape index (κ3) is 5.15. The average molecular weight is 126 g/mol. The van der Waals surface area contributed by atoms with Crippen LogP contribution in [0.15, 0.2) is 24.2 Å². The molecule has 0 amide bonds. The van der Waals surface area contributed by atoms with Crippen LogP contribution in [0.25, 0.3) is 0 Å². The molecule has 0 bridgehead atoms. The lowest BCUT2D eigenvalue weighted by Gasteiger charge is -1.96. The molecule has 0 heterocycles. The number of hydrogen-bond donors (Lipinski definition) is 0. The molecule has 0 aromatic heterocycles. The zero-order valence-electron chi connectivity index (χ0n) is 6.35. The molecule has 0 aromatic carbocycles. The maximum atomic E-state index is 5.11. The molecular formula is C8H14O. The van der Waals surface area contributed by atoms with Gasteiger partial charge in [0.25, 0.3) is 0 Å². The Balaban J connectivity index is 3.49. The molecule has 52 valence electrons. The van der Waals surface area contributed by atoms with Crippen LogP contribution >= 0.6 is 0 Å². The topological polar surface area (TPSA) is 9.23 Å². The first kappa shape index (κ1) is 8.28. The smallest absolute Gasteiger partial charge is 0.0961 e. The fourth-order valence-corrected chi connectivity index (χ4v) is 0.511. The summed E-state index contributed by atoms with van der Waals surface area (Å²) in [5, 5.41) is 0. The van der Waals surface area contributed by atoms with E-state index in [0.29, 0.717) is 0 Å². The molecule has 0 atom stereocenters. The van der Waals surface area contributed by atoms with Gasteiger partial charge in [0.2, 0.25) is 0 Å². The minimum absolute atomic E-state index is 0.968. The highest BCUT2D eigenvalue weighted by molar-refractivity contribution is 4.89. The highest BCUT2D eigenvalue weighted by atomic mass is 16.5. The van der Waals surface area contributed by atoms with Gasteiger partial charge in [-0.15, -0.1) is 0 Å². The van der Waals surface area contributed by atoms with Crippen molar-refractivity contribution < 1.29 is 4.74 Å². The molecule has 0 spiro atoms. The largest absolute Gasteiger partial charge is 0.470 e.